The summed E-state index contributed by atoms with van der Waals surface area (Å²) in [5.41, 5.74) is 2.30. The molecule has 1 nitrogen and oxygen atoms in total. The van der Waals surface area contributed by atoms with Gasteiger partial charge < -0.3 is 0 Å². The predicted molar refractivity (Wildman–Crippen MR) is 118 cm³/mol. The molecule has 0 fully saturated rings. The maximum atomic E-state index is 7.71. The van der Waals surface area contributed by atoms with E-state index in [0.717, 1.165) is 11.7 Å². The number of nitrogens with zero attached hydrogens (tertiary/aromatic N) is 1. The van der Waals surface area contributed by atoms with Gasteiger partial charge in [-0.15, -0.1) is 0 Å². The van der Waals surface area contributed by atoms with E-state index in [1.807, 2.05) is 0 Å². The summed E-state index contributed by atoms with van der Waals surface area (Å²) in [6, 6.07) is 12.8. The summed E-state index contributed by atoms with van der Waals surface area (Å²) in [4.78, 5) is 4.98. The molecule has 1 aromatic heterocycles. The zero-order valence-electron chi connectivity index (χ0n) is 16.3. The summed E-state index contributed by atoms with van der Waals surface area (Å²) in [6.45, 7) is 6.85. The summed E-state index contributed by atoms with van der Waals surface area (Å²) < 4.78 is 0. The quantitative estimate of drug-likeness (QED) is 0.362. The number of aromatic nitrogens is 1. The Morgan fingerprint density at radius 1 is 0.800 bits per heavy atom. The molecule has 0 atom stereocenters. The molecule has 0 saturated heterocycles. The third kappa shape index (κ3) is 5.66. The third-order valence-corrected chi connectivity index (χ3v) is 12.7. The minimum atomic E-state index is -2.27. The van der Waals surface area contributed by atoms with Crippen molar-refractivity contribution in [2.45, 2.75) is 65.5 Å². The molecule has 2 rings (SSSR count). The summed E-state index contributed by atoms with van der Waals surface area (Å²) >= 11 is 7.71. The number of halogens is 1. The number of fused-ring (bicyclic) bond motifs is 1. The van der Waals surface area contributed by atoms with Gasteiger partial charge in [-0.2, -0.15) is 0 Å². The van der Waals surface area contributed by atoms with Gasteiger partial charge in [-0.1, -0.05) is 0 Å². The summed E-state index contributed by atoms with van der Waals surface area (Å²) in [5, 5.41) is 1.22. The fourth-order valence-electron chi connectivity index (χ4n) is 3.83. The van der Waals surface area contributed by atoms with Crippen molar-refractivity contribution in [1.29, 1.82) is 0 Å². The van der Waals surface area contributed by atoms with E-state index < -0.39 is 5.96 Å². The Hall–Kier alpha value is -0.650. The average molecular weight is 380 g/mol. The molecular weight excluding hydrogens is 345 g/mol. The summed E-state index contributed by atoms with van der Waals surface area (Å²) in [6.07, 6.45) is 12.1. The van der Waals surface area contributed by atoms with Gasteiger partial charge in [0.15, 0.2) is 0 Å². The molecule has 0 aliphatic heterocycles. The maximum absolute atomic E-state index is 7.71. The minimum absolute atomic E-state index is 1.01. The van der Waals surface area contributed by atoms with Crippen molar-refractivity contribution in [3.63, 3.8) is 0 Å². The molecule has 140 valence electrons. The molecule has 1 heterocycles. The van der Waals surface area contributed by atoms with E-state index in [2.05, 4.69) is 57.2 Å². The number of benzene rings is 1. The zero-order chi connectivity index (χ0) is 18.2. The second-order valence-corrected chi connectivity index (χ2v) is 15.9. The van der Waals surface area contributed by atoms with Gasteiger partial charge in [0.1, 0.15) is 0 Å². The van der Waals surface area contributed by atoms with Crippen LogP contribution < -0.4 is 0 Å². The first-order valence-electron chi connectivity index (χ1n) is 10.1. The Balaban J connectivity index is 2.36. The van der Waals surface area contributed by atoms with E-state index in [9.17, 15) is 0 Å². The predicted octanol–water partition coefficient (Wildman–Crippen LogP) is 7.84. The van der Waals surface area contributed by atoms with Crippen LogP contribution in [-0.2, 0) is 6.16 Å². The molecule has 0 radical (unpaired) electrons. The molecule has 0 amide bonds. The van der Waals surface area contributed by atoms with Crippen LogP contribution in [0.15, 0.2) is 36.4 Å². The van der Waals surface area contributed by atoms with Gasteiger partial charge in [-0.25, -0.2) is 0 Å². The standard InChI is InChI=1S/C22H35ClNP/c1-4-7-16-25(23,17-8-5-2,18-9-6-3)19-21-15-14-20-12-10-11-13-22(20)24-21/h10-15H,4-9,16-19H2,1-3H3. The van der Waals surface area contributed by atoms with Crippen molar-refractivity contribution in [1.82, 2.24) is 4.98 Å². The van der Waals surface area contributed by atoms with Crippen LogP contribution in [0.25, 0.3) is 10.9 Å². The van der Waals surface area contributed by atoms with E-state index in [4.69, 9.17) is 16.2 Å². The van der Waals surface area contributed by atoms with Crippen LogP contribution >= 0.6 is 17.2 Å². The number of unbranched alkanes of at least 4 members (excludes halogenated alkanes) is 3. The van der Waals surface area contributed by atoms with Crippen LogP contribution in [0.5, 0.6) is 0 Å². The van der Waals surface area contributed by atoms with Crippen molar-refractivity contribution in [2.24, 2.45) is 0 Å². The third-order valence-electron chi connectivity index (χ3n) is 5.42. The number of rotatable bonds is 11. The Labute approximate surface area is 159 Å². The number of para-hydroxylation sites is 1. The Morgan fingerprint density at radius 3 is 1.92 bits per heavy atom. The van der Waals surface area contributed by atoms with Crippen molar-refractivity contribution in [2.75, 3.05) is 18.5 Å². The van der Waals surface area contributed by atoms with Crippen LogP contribution in [0.2, 0.25) is 0 Å². The van der Waals surface area contributed by atoms with E-state index in [0.29, 0.717) is 0 Å². The second-order valence-electron chi connectivity index (χ2n) is 7.70. The molecule has 0 bridgehead atoms. The molecule has 0 saturated carbocycles. The van der Waals surface area contributed by atoms with E-state index >= 15 is 0 Å². The van der Waals surface area contributed by atoms with Gasteiger partial charge in [0.05, 0.1) is 0 Å². The van der Waals surface area contributed by atoms with Gasteiger partial charge in [-0.3, -0.25) is 0 Å². The van der Waals surface area contributed by atoms with Crippen LogP contribution in [-0.4, -0.2) is 23.5 Å². The van der Waals surface area contributed by atoms with Gasteiger partial charge >= 0.3 is 159 Å². The van der Waals surface area contributed by atoms with Gasteiger partial charge in [0, 0.05) is 0 Å². The topological polar surface area (TPSA) is 12.9 Å². The molecule has 1 aromatic carbocycles. The molecule has 0 unspecified atom stereocenters. The van der Waals surface area contributed by atoms with Gasteiger partial charge in [0.2, 0.25) is 0 Å². The molecule has 0 N–H and O–H groups in total. The van der Waals surface area contributed by atoms with Crippen molar-refractivity contribution < 1.29 is 0 Å². The SMILES string of the molecule is CCCCP(Cl)(CCCC)(CCCC)Cc1ccc2ccccc2n1. The van der Waals surface area contributed by atoms with Crippen LogP contribution in [0.3, 0.4) is 0 Å². The number of hydrogen-bond donors (Lipinski definition) is 0. The van der Waals surface area contributed by atoms with Crippen molar-refractivity contribution in [3.05, 3.63) is 42.1 Å². The monoisotopic (exact) mass is 379 g/mol. The van der Waals surface area contributed by atoms with Crippen LogP contribution in [0.4, 0.5) is 0 Å². The molecule has 0 aliphatic carbocycles. The van der Waals surface area contributed by atoms with Crippen molar-refractivity contribution in [3.8, 4) is 0 Å². The molecule has 3 heteroatoms. The fraction of sp³-hybridized carbons (Fsp3) is 0.591. The van der Waals surface area contributed by atoms with Gasteiger partial charge in [0.25, 0.3) is 0 Å². The normalized spacial score (nSPS) is 13.7. The Morgan fingerprint density at radius 2 is 1.36 bits per heavy atom. The molecular formula is C22H35ClNP. The first-order chi connectivity index (χ1) is 12.0. The summed E-state index contributed by atoms with van der Waals surface area (Å²) in [7, 11) is 0. The Kier molecular flexibility index (Phi) is 7.71. The Bertz CT molecular complexity index is 645. The first kappa shape index (κ1) is 20.7. The fourth-order valence-corrected chi connectivity index (χ4v) is 10.7. The van der Waals surface area contributed by atoms with Crippen LogP contribution in [0, 0.1) is 0 Å². The van der Waals surface area contributed by atoms with Crippen LogP contribution in [0.1, 0.15) is 65.0 Å². The molecule has 25 heavy (non-hydrogen) atoms. The van der Waals surface area contributed by atoms with E-state index in [1.54, 1.807) is 0 Å². The average Bonchev–Trinajstić information content (AvgIpc) is 2.64. The molecule has 2 aromatic rings. The number of hydrogen-bond acceptors (Lipinski definition) is 1. The van der Waals surface area contributed by atoms with Crippen molar-refractivity contribution >= 4 is 28.1 Å². The van der Waals surface area contributed by atoms with Gasteiger partial charge in [-0.05, 0) is 0 Å². The molecule has 0 aliphatic rings. The summed E-state index contributed by atoms with van der Waals surface area (Å²) in [5.74, 6) is -2.27. The first-order valence-corrected chi connectivity index (χ1v) is 14.0. The number of pyridine rings is 1. The second kappa shape index (κ2) is 9.33. The van der Waals surface area contributed by atoms with E-state index in [1.165, 1.54) is 68.1 Å². The molecule has 0 spiro atoms. The van der Waals surface area contributed by atoms with E-state index in [-0.39, 0.29) is 0 Å². The zero-order valence-corrected chi connectivity index (χ0v) is 18.0.